The molecular weight excluding hydrogens is 354 g/mol. The van der Waals surface area contributed by atoms with Crippen molar-refractivity contribution in [3.63, 3.8) is 0 Å². The Bertz CT molecular complexity index is 668. The highest BCUT2D eigenvalue weighted by Gasteiger charge is 2.17. The molecule has 0 saturated carbocycles. The van der Waals surface area contributed by atoms with E-state index < -0.39 is 5.91 Å². The Morgan fingerprint density at radius 3 is 2.76 bits per heavy atom. The number of carbonyl (C=O) groups is 1. The molecule has 21 heavy (non-hydrogen) atoms. The lowest BCUT2D eigenvalue weighted by Gasteiger charge is -2.29. The summed E-state index contributed by atoms with van der Waals surface area (Å²) in [5.74, 6) is -0.440. The molecule has 1 amide bonds. The molecule has 0 bridgehead atoms. The molecule has 1 saturated heterocycles. The van der Waals surface area contributed by atoms with E-state index in [0.717, 1.165) is 47.2 Å². The summed E-state index contributed by atoms with van der Waals surface area (Å²) in [4.78, 5) is 18.3. The van der Waals surface area contributed by atoms with Crippen molar-refractivity contribution in [3.8, 4) is 10.6 Å². The van der Waals surface area contributed by atoms with Crippen LogP contribution in [0.5, 0.6) is 0 Å². The molecule has 3 rings (SSSR count). The second kappa shape index (κ2) is 6.13. The Balaban J connectivity index is 2.03. The van der Waals surface area contributed by atoms with Crippen LogP contribution in [0, 0.1) is 0 Å². The predicted octanol–water partition coefficient (Wildman–Crippen LogP) is 2.51. The van der Waals surface area contributed by atoms with Gasteiger partial charge in [0.25, 0.3) is 0 Å². The van der Waals surface area contributed by atoms with Gasteiger partial charge in [-0.2, -0.15) is 0 Å². The molecule has 1 aromatic heterocycles. The number of rotatable bonds is 3. The highest BCUT2D eigenvalue weighted by molar-refractivity contribution is 9.10. The van der Waals surface area contributed by atoms with Crippen molar-refractivity contribution < 1.29 is 9.53 Å². The fourth-order valence-electron chi connectivity index (χ4n) is 2.32. The molecule has 1 aromatic carbocycles. The number of hydrogen-bond donors (Lipinski definition) is 1. The molecular formula is C14H14BrN3O2S. The maximum atomic E-state index is 11.6. The van der Waals surface area contributed by atoms with E-state index in [1.54, 1.807) is 6.07 Å². The quantitative estimate of drug-likeness (QED) is 0.904. The first-order valence-electron chi connectivity index (χ1n) is 6.53. The minimum atomic E-state index is -0.440. The molecule has 5 nitrogen and oxygen atoms in total. The van der Waals surface area contributed by atoms with Crippen LogP contribution in [0.15, 0.2) is 28.2 Å². The lowest BCUT2D eigenvalue weighted by molar-refractivity contribution is 0.100. The summed E-state index contributed by atoms with van der Waals surface area (Å²) in [7, 11) is 0. The lowest BCUT2D eigenvalue weighted by Crippen LogP contribution is -2.36. The van der Waals surface area contributed by atoms with Crippen molar-refractivity contribution in [2.45, 2.75) is 0 Å². The van der Waals surface area contributed by atoms with E-state index in [-0.39, 0.29) is 0 Å². The molecule has 110 valence electrons. The van der Waals surface area contributed by atoms with Crippen molar-refractivity contribution in [1.29, 1.82) is 0 Å². The molecule has 0 radical (unpaired) electrons. The first-order valence-corrected chi connectivity index (χ1v) is 8.20. The average Bonchev–Trinajstić information content (AvgIpc) is 2.94. The lowest BCUT2D eigenvalue weighted by atomic mass is 10.1. The van der Waals surface area contributed by atoms with Crippen molar-refractivity contribution in [1.82, 2.24) is 4.98 Å². The van der Waals surface area contributed by atoms with Crippen LogP contribution in [0.1, 0.15) is 10.4 Å². The van der Waals surface area contributed by atoms with Crippen LogP contribution in [0.3, 0.4) is 0 Å². The molecule has 7 heteroatoms. The van der Waals surface area contributed by atoms with Gasteiger partial charge in [0.15, 0.2) is 0 Å². The molecule has 1 aliphatic heterocycles. The van der Waals surface area contributed by atoms with E-state index in [4.69, 9.17) is 10.5 Å². The van der Waals surface area contributed by atoms with E-state index in [1.165, 1.54) is 11.3 Å². The van der Waals surface area contributed by atoms with Gasteiger partial charge in [-0.15, -0.1) is 11.3 Å². The van der Waals surface area contributed by atoms with Crippen LogP contribution in [0.4, 0.5) is 5.69 Å². The van der Waals surface area contributed by atoms with Crippen LogP contribution >= 0.6 is 27.3 Å². The summed E-state index contributed by atoms with van der Waals surface area (Å²) in [6, 6.07) is 5.69. The number of morpholine rings is 1. The van der Waals surface area contributed by atoms with Crippen molar-refractivity contribution in [2.75, 3.05) is 31.2 Å². The van der Waals surface area contributed by atoms with Crippen LogP contribution in [0.2, 0.25) is 0 Å². The summed E-state index contributed by atoms with van der Waals surface area (Å²) in [6.07, 6.45) is 0. The van der Waals surface area contributed by atoms with Crippen molar-refractivity contribution in [2.24, 2.45) is 5.73 Å². The third-order valence-corrected chi connectivity index (χ3v) is 4.94. The fourth-order valence-corrected chi connectivity index (χ4v) is 3.60. The Morgan fingerprint density at radius 2 is 2.14 bits per heavy atom. The Hall–Kier alpha value is -1.44. The number of halogens is 1. The van der Waals surface area contributed by atoms with Crippen molar-refractivity contribution >= 4 is 38.9 Å². The molecule has 2 aromatic rings. The molecule has 0 aliphatic carbocycles. The highest BCUT2D eigenvalue weighted by Crippen LogP contribution is 2.32. The zero-order valence-corrected chi connectivity index (χ0v) is 13.6. The number of carbonyl (C=O) groups excluding carboxylic acids is 1. The summed E-state index contributed by atoms with van der Waals surface area (Å²) in [5, 5.41) is 2.67. The number of ether oxygens (including phenoxy) is 1. The maximum absolute atomic E-state index is 11.6. The first kappa shape index (κ1) is 14.5. The number of primary amides is 1. The molecule has 2 heterocycles. The molecule has 2 N–H and O–H groups in total. The molecule has 1 fully saturated rings. The van der Waals surface area contributed by atoms with Gasteiger partial charge in [0.1, 0.15) is 9.61 Å². The summed E-state index contributed by atoms with van der Waals surface area (Å²) >= 11 is 4.82. The minimum Gasteiger partial charge on any atom is -0.378 e. The minimum absolute atomic E-state index is 0.440. The first-order chi connectivity index (χ1) is 10.1. The number of nitrogens with zero attached hydrogens (tertiary/aromatic N) is 2. The third-order valence-electron chi connectivity index (χ3n) is 3.35. The van der Waals surface area contributed by atoms with Crippen LogP contribution in [0.25, 0.3) is 10.6 Å². The normalized spacial score (nSPS) is 15.2. The third kappa shape index (κ3) is 3.09. The van der Waals surface area contributed by atoms with Gasteiger partial charge in [0.05, 0.1) is 13.2 Å². The van der Waals surface area contributed by atoms with E-state index in [2.05, 4.69) is 25.8 Å². The van der Waals surface area contributed by atoms with Gasteiger partial charge in [-0.3, -0.25) is 4.79 Å². The van der Waals surface area contributed by atoms with Gasteiger partial charge >= 0.3 is 0 Å². The van der Waals surface area contributed by atoms with Crippen LogP contribution in [-0.4, -0.2) is 37.2 Å². The zero-order valence-electron chi connectivity index (χ0n) is 11.2. The summed E-state index contributed by atoms with van der Waals surface area (Å²) in [6.45, 7) is 3.12. The number of anilines is 1. The standard InChI is InChI=1S/C14H14BrN3O2S/c15-12-8-21-14(17-12)11-7-9(1-2-10(11)13(16)19)18-3-5-20-6-4-18/h1-2,7-8H,3-6H2,(H2,16,19). The molecule has 0 atom stereocenters. The topological polar surface area (TPSA) is 68.5 Å². The van der Waals surface area contributed by atoms with Gasteiger partial charge in [-0.1, -0.05) is 0 Å². The molecule has 0 unspecified atom stereocenters. The Labute approximate surface area is 134 Å². The summed E-state index contributed by atoms with van der Waals surface area (Å²) < 4.78 is 6.13. The largest absolute Gasteiger partial charge is 0.378 e. The highest BCUT2D eigenvalue weighted by atomic mass is 79.9. The summed E-state index contributed by atoms with van der Waals surface area (Å²) in [5.41, 5.74) is 7.81. The van der Waals surface area contributed by atoms with Crippen molar-refractivity contribution in [3.05, 3.63) is 33.7 Å². The second-order valence-electron chi connectivity index (χ2n) is 4.67. The van der Waals surface area contributed by atoms with E-state index in [0.29, 0.717) is 5.56 Å². The van der Waals surface area contributed by atoms with Crippen LogP contribution in [-0.2, 0) is 4.74 Å². The number of benzene rings is 1. The number of hydrogen-bond acceptors (Lipinski definition) is 5. The average molecular weight is 368 g/mol. The van der Waals surface area contributed by atoms with Gasteiger partial charge < -0.3 is 15.4 Å². The van der Waals surface area contributed by atoms with Gasteiger partial charge in [0.2, 0.25) is 5.91 Å². The van der Waals surface area contributed by atoms with Crippen LogP contribution < -0.4 is 10.6 Å². The van der Waals surface area contributed by atoms with Gasteiger partial charge in [0, 0.05) is 35.3 Å². The Kier molecular flexibility index (Phi) is 4.23. The van der Waals surface area contributed by atoms with E-state index in [1.807, 2.05) is 17.5 Å². The maximum Gasteiger partial charge on any atom is 0.249 e. The smallest absolute Gasteiger partial charge is 0.249 e. The monoisotopic (exact) mass is 367 g/mol. The SMILES string of the molecule is NC(=O)c1ccc(N2CCOCC2)cc1-c1nc(Br)cs1. The van der Waals surface area contributed by atoms with E-state index >= 15 is 0 Å². The van der Waals surface area contributed by atoms with E-state index in [9.17, 15) is 4.79 Å². The fraction of sp³-hybridized carbons (Fsp3) is 0.286. The number of amides is 1. The molecule has 1 aliphatic rings. The number of thiazole rings is 1. The predicted molar refractivity (Wildman–Crippen MR) is 86.8 cm³/mol. The Morgan fingerprint density at radius 1 is 1.38 bits per heavy atom. The number of aromatic nitrogens is 1. The number of nitrogens with two attached hydrogens (primary N) is 1. The van der Waals surface area contributed by atoms with Gasteiger partial charge in [-0.25, -0.2) is 4.98 Å². The van der Waals surface area contributed by atoms with Gasteiger partial charge in [-0.05, 0) is 34.1 Å². The zero-order chi connectivity index (χ0) is 14.8. The second-order valence-corrected chi connectivity index (χ2v) is 6.34. The molecule has 0 spiro atoms.